The summed E-state index contributed by atoms with van der Waals surface area (Å²) < 4.78 is 5.67. The number of rotatable bonds is 7. The third kappa shape index (κ3) is 8.86. The van der Waals surface area contributed by atoms with Crippen molar-refractivity contribution in [1.29, 1.82) is 1.28 Å². The SMILES string of the molecule is C(=C(c1ccccc1)c1ccccc1)c1ccc(-c2ccc(C=C(c3ccccc3)c3ccccc3)cc2)cc1.[2H]P.[BiH2].[V]. The molecule has 0 bridgehead atoms. The zero-order valence-electron chi connectivity index (χ0n) is 24.9. The third-order valence-corrected chi connectivity index (χ3v) is 7.12. The molecule has 0 fully saturated rings. The molecule has 0 nitrogen and oxygen atoms in total. The molecule has 43 heavy (non-hydrogen) atoms. The van der Waals surface area contributed by atoms with Crippen LogP contribution in [-0.4, -0.2) is 27.5 Å². The van der Waals surface area contributed by atoms with E-state index in [9.17, 15) is 0 Å². The molecule has 2 radical (unpaired) electrons. The van der Waals surface area contributed by atoms with Crippen molar-refractivity contribution in [1.82, 2.24) is 0 Å². The first-order valence-electron chi connectivity index (χ1n) is 14.3. The van der Waals surface area contributed by atoms with Crippen LogP contribution in [0.1, 0.15) is 33.4 Å². The second kappa shape index (κ2) is 17.1. The first-order valence-corrected chi connectivity index (χ1v) is 13.7. The molecule has 3 heteroatoms. The molecule has 0 aliphatic heterocycles. The smallest absolute Gasteiger partial charge is 0 e. The molecule has 6 aromatic carbocycles. The Morgan fingerprint density at radius 2 is 0.605 bits per heavy atom. The molecular formula is C40H35BiPV. The Bertz CT molecular complexity index is 1520. The molecule has 1 atom stereocenters. The van der Waals surface area contributed by atoms with E-state index in [0.717, 1.165) is 0 Å². The van der Waals surface area contributed by atoms with Crippen LogP contribution in [-0.2, 0) is 18.6 Å². The molecule has 0 amide bonds. The van der Waals surface area contributed by atoms with Gasteiger partial charge in [-0.05, 0) is 67.8 Å². The maximum absolute atomic E-state index is 5.67. The van der Waals surface area contributed by atoms with E-state index in [-0.39, 0.29) is 44.8 Å². The van der Waals surface area contributed by atoms with Crippen molar-refractivity contribution >= 4 is 59.3 Å². The molecule has 6 aromatic rings. The monoisotopic (exact) mass is 807 g/mol. The molecule has 0 heterocycles. The first-order chi connectivity index (χ1) is 20.8. The van der Waals surface area contributed by atoms with Gasteiger partial charge in [0.15, 0.2) is 0 Å². The van der Waals surface area contributed by atoms with Crippen LogP contribution in [0.3, 0.4) is 0 Å². The van der Waals surface area contributed by atoms with Gasteiger partial charge in [0, 0.05) is 18.6 Å². The minimum Gasteiger partial charge on any atom is 0 e. The zero-order chi connectivity index (χ0) is 29.0. The van der Waals surface area contributed by atoms with Gasteiger partial charge in [-0.1, -0.05) is 170 Å². The average molecular weight is 808 g/mol. The fourth-order valence-corrected chi connectivity index (χ4v) is 5.01. The maximum atomic E-state index is 5.67. The van der Waals surface area contributed by atoms with E-state index >= 15 is 0 Å². The van der Waals surface area contributed by atoms with E-state index in [4.69, 9.17) is 1.28 Å². The van der Waals surface area contributed by atoms with Crippen molar-refractivity contribution in [2.75, 3.05) is 0 Å². The molecule has 0 aliphatic rings. The van der Waals surface area contributed by atoms with Crippen LogP contribution in [0.4, 0.5) is 0 Å². The van der Waals surface area contributed by atoms with Gasteiger partial charge in [0.05, 0.1) is 1.28 Å². The predicted octanol–water partition coefficient (Wildman–Crippen LogP) is 9.67. The van der Waals surface area contributed by atoms with Gasteiger partial charge in [0.1, 0.15) is 0 Å². The molecule has 0 saturated carbocycles. The standard InChI is InChI=1S/C40H30.Bi.H3P.V.2H/c1-5-13-35(14-6-1)39(36-15-7-2-8-16-36)29-31-21-25-33(26-22-31)34-27-23-32(24-28-34)30-40(37-17-9-3-10-18-37)38-19-11-4-12-20-38;;;;;/h1-30H;;1H3;;;/i;;1D;;;. The molecule has 210 valence electrons. The fourth-order valence-electron chi connectivity index (χ4n) is 5.01. The Morgan fingerprint density at radius 3 is 0.837 bits per heavy atom. The summed E-state index contributed by atoms with van der Waals surface area (Å²) >= 11 is 0. The predicted molar refractivity (Wildman–Crippen MR) is 191 cm³/mol. The average Bonchev–Trinajstić information content (AvgIpc) is 3.09. The first kappa shape index (κ1) is 32.6. The molecule has 1 unspecified atom stereocenters. The van der Waals surface area contributed by atoms with Gasteiger partial charge in [-0.25, -0.2) is 0 Å². The van der Waals surface area contributed by atoms with Crippen molar-refractivity contribution in [3.8, 4) is 11.1 Å². The van der Waals surface area contributed by atoms with Crippen LogP contribution in [0.5, 0.6) is 0 Å². The number of hydrogen-bond donors (Lipinski definition) is 0. The van der Waals surface area contributed by atoms with Crippen LogP contribution in [0, 0.1) is 0 Å². The number of benzene rings is 6. The van der Waals surface area contributed by atoms with Gasteiger partial charge >= 0.3 is 26.2 Å². The van der Waals surface area contributed by atoms with Crippen LogP contribution in [0.2, 0.25) is 0 Å². The summed E-state index contributed by atoms with van der Waals surface area (Å²) in [7, 11) is 1.67. The second-order valence-electron chi connectivity index (χ2n) is 9.82. The van der Waals surface area contributed by atoms with E-state index in [1.807, 2.05) is 0 Å². The van der Waals surface area contributed by atoms with Crippen LogP contribution >= 0.6 is 9.84 Å². The largest absolute Gasteiger partial charge is 0 e. The third-order valence-electron chi connectivity index (χ3n) is 7.12. The fraction of sp³-hybridized carbons (Fsp3) is 0. The van der Waals surface area contributed by atoms with Crippen LogP contribution < -0.4 is 0 Å². The Balaban J connectivity index is 0.00000130. The van der Waals surface area contributed by atoms with Crippen LogP contribution in [0.15, 0.2) is 170 Å². The van der Waals surface area contributed by atoms with Gasteiger partial charge in [-0.3, -0.25) is 0 Å². The molecule has 0 aliphatic carbocycles. The summed E-state index contributed by atoms with van der Waals surface area (Å²) in [6, 6.07) is 60.0. The van der Waals surface area contributed by atoms with Crippen molar-refractivity contribution in [3.63, 3.8) is 0 Å². The summed E-state index contributed by atoms with van der Waals surface area (Å²) in [5.74, 6) is 0. The molecule has 0 spiro atoms. The van der Waals surface area contributed by atoms with E-state index in [0.29, 0.717) is 0 Å². The molecule has 6 rings (SSSR count). The van der Waals surface area contributed by atoms with E-state index in [1.165, 1.54) is 55.7 Å². The Morgan fingerprint density at radius 1 is 0.372 bits per heavy atom. The van der Waals surface area contributed by atoms with Crippen molar-refractivity contribution in [2.45, 2.75) is 0 Å². The van der Waals surface area contributed by atoms with E-state index < -0.39 is 0 Å². The maximum Gasteiger partial charge on any atom is 0 e. The topological polar surface area (TPSA) is 0 Å². The summed E-state index contributed by atoms with van der Waals surface area (Å²) in [4.78, 5) is 0. The summed E-state index contributed by atoms with van der Waals surface area (Å²) in [5, 5.41) is 0. The van der Waals surface area contributed by atoms with Crippen molar-refractivity contribution < 1.29 is 18.6 Å². The Kier molecular flexibility index (Phi) is 13.0. The van der Waals surface area contributed by atoms with Crippen LogP contribution in [0.25, 0.3) is 34.4 Å². The Hall–Kier alpha value is -3.30. The molecule has 0 N–H and O–H groups in total. The van der Waals surface area contributed by atoms with Gasteiger partial charge in [0.2, 0.25) is 0 Å². The minimum absolute atomic E-state index is 0. The van der Waals surface area contributed by atoms with Gasteiger partial charge in [0.25, 0.3) is 0 Å². The second-order valence-corrected chi connectivity index (χ2v) is 9.82. The molecular weight excluding hydrogens is 771 g/mol. The summed E-state index contributed by atoms with van der Waals surface area (Å²) in [6.45, 7) is 0. The molecule has 0 aromatic heterocycles. The summed E-state index contributed by atoms with van der Waals surface area (Å²) in [6.07, 6.45) is 4.55. The number of hydrogen-bond acceptors (Lipinski definition) is 0. The quantitative estimate of drug-likeness (QED) is 0.0857. The van der Waals surface area contributed by atoms with Gasteiger partial charge < -0.3 is 0 Å². The van der Waals surface area contributed by atoms with Crippen molar-refractivity contribution in [3.05, 3.63) is 203 Å². The van der Waals surface area contributed by atoms with E-state index in [1.54, 1.807) is 9.84 Å². The summed E-state index contributed by atoms with van der Waals surface area (Å²) in [5.41, 5.74) is 12.1. The van der Waals surface area contributed by atoms with Crippen molar-refractivity contribution in [2.24, 2.45) is 0 Å². The molecule has 0 saturated heterocycles. The zero-order valence-corrected chi connectivity index (χ0v) is 31.0. The normalized spacial score (nSPS) is 9.93. The minimum atomic E-state index is 0. The Labute approximate surface area is 291 Å². The van der Waals surface area contributed by atoms with E-state index in [2.05, 4.69) is 182 Å². The van der Waals surface area contributed by atoms with Gasteiger partial charge in [-0.15, -0.1) is 0 Å². The van der Waals surface area contributed by atoms with Gasteiger partial charge in [-0.2, -0.15) is 9.84 Å².